The van der Waals surface area contributed by atoms with Crippen LogP contribution in [0.3, 0.4) is 0 Å². The van der Waals surface area contributed by atoms with E-state index in [1.165, 1.54) is 12.3 Å². The van der Waals surface area contributed by atoms with Crippen molar-refractivity contribution in [2.24, 2.45) is 0 Å². The molecule has 1 aromatic heterocycles. The van der Waals surface area contributed by atoms with E-state index in [2.05, 4.69) is 9.97 Å². The number of nitrogens with zero attached hydrogens (tertiary/aromatic N) is 2. The van der Waals surface area contributed by atoms with Gasteiger partial charge in [-0.25, -0.2) is 14.8 Å². The summed E-state index contributed by atoms with van der Waals surface area (Å²) in [7, 11) is 0. The molecule has 2 rings (SSSR count). The highest BCUT2D eigenvalue weighted by molar-refractivity contribution is 5.85. The smallest absolute Gasteiger partial charge is 0.354 e. The molecular formula is C13H12N2O3. The Morgan fingerprint density at radius 2 is 2.00 bits per heavy atom. The third-order valence-electron chi connectivity index (χ3n) is 2.30. The summed E-state index contributed by atoms with van der Waals surface area (Å²) in [6.07, 6.45) is 1.43. The van der Waals surface area contributed by atoms with Crippen LogP contribution in [0.4, 0.5) is 0 Å². The molecule has 1 heterocycles. The van der Waals surface area contributed by atoms with Crippen molar-refractivity contribution in [1.82, 2.24) is 9.97 Å². The highest BCUT2D eigenvalue weighted by Crippen LogP contribution is 2.19. The van der Waals surface area contributed by atoms with Crippen molar-refractivity contribution in [3.8, 4) is 17.1 Å². The number of benzene rings is 1. The van der Waals surface area contributed by atoms with Gasteiger partial charge in [-0.1, -0.05) is 0 Å². The van der Waals surface area contributed by atoms with Crippen molar-refractivity contribution in [2.75, 3.05) is 6.61 Å². The van der Waals surface area contributed by atoms with E-state index >= 15 is 0 Å². The van der Waals surface area contributed by atoms with Crippen molar-refractivity contribution in [3.63, 3.8) is 0 Å². The Kier molecular flexibility index (Phi) is 3.52. The van der Waals surface area contributed by atoms with Crippen LogP contribution < -0.4 is 4.74 Å². The predicted molar refractivity (Wildman–Crippen MR) is 65.6 cm³/mol. The van der Waals surface area contributed by atoms with Gasteiger partial charge in [0.15, 0.2) is 11.5 Å². The van der Waals surface area contributed by atoms with Crippen LogP contribution in [0.2, 0.25) is 0 Å². The van der Waals surface area contributed by atoms with Crippen molar-refractivity contribution in [1.29, 1.82) is 0 Å². The van der Waals surface area contributed by atoms with Crippen molar-refractivity contribution < 1.29 is 14.6 Å². The molecule has 0 spiro atoms. The van der Waals surface area contributed by atoms with Crippen LogP contribution in [0.5, 0.6) is 5.75 Å². The Bertz CT molecular complexity index is 552. The summed E-state index contributed by atoms with van der Waals surface area (Å²) in [5.74, 6) is 0.0816. The summed E-state index contributed by atoms with van der Waals surface area (Å²) in [5, 5.41) is 8.86. The van der Waals surface area contributed by atoms with E-state index in [9.17, 15) is 4.79 Å². The average molecular weight is 244 g/mol. The van der Waals surface area contributed by atoms with E-state index in [4.69, 9.17) is 9.84 Å². The van der Waals surface area contributed by atoms with Gasteiger partial charge in [0.25, 0.3) is 0 Å². The fourth-order valence-corrected chi connectivity index (χ4v) is 1.48. The number of ether oxygens (including phenoxy) is 1. The van der Waals surface area contributed by atoms with Crippen LogP contribution in [0, 0.1) is 0 Å². The molecule has 0 aliphatic heterocycles. The van der Waals surface area contributed by atoms with Crippen LogP contribution in [0.25, 0.3) is 11.4 Å². The minimum atomic E-state index is -1.07. The largest absolute Gasteiger partial charge is 0.494 e. The Labute approximate surface area is 104 Å². The van der Waals surface area contributed by atoms with Gasteiger partial charge in [-0.15, -0.1) is 0 Å². The van der Waals surface area contributed by atoms with Gasteiger partial charge in [-0.05, 0) is 37.3 Å². The monoisotopic (exact) mass is 244 g/mol. The topological polar surface area (TPSA) is 72.3 Å². The van der Waals surface area contributed by atoms with E-state index in [1.54, 1.807) is 24.3 Å². The van der Waals surface area contributed by atoms with E-state index in [-0.39, 0.29) is 5.69 Å². The molecule has 1 aromatic carbocycles. The number of carboxylic acid groups (broad SMARTS) is 1. The van der Waals surface area contributed by atoms with E-state index in [0.29, 0.717) is 12.4 Å². The van der Waals surface area contributed by atoms with Gasteiger partial charge in [-0.2, -0.15) is 0 Å². The molecule has 2 aromatic rings. The third-order valence-corrected chi connectivity index (χ3v) is 2.30. The minimum Gasteiger partial charge on any atom is -0.494 e. The maximum absolute atomic E-state index is 10.8. The van der Waals surface area contributed by atoms with Crippen molar-refractivity contribution >= 4 is 5.97 Å². The summed E-state index contributed by atoms with van der Waals surface area (Å²) in [5.41, 5.74) is 0.732. The number of rotatable bonds is 4. The van der Waals surface area contributed by atoms with Gasteiger partial charge >= 0.3 is 5.97 Å². The summed E-state index contributed by atoms with van der Waals surface area (Å²) in [4.78, 5) is 18.8. The second-order valence-corrected chi connectivity index (χ2v) is 3.53. The number of carboxylic acids is 1. The molecule has 0 aliphatic carbocycles. The fourth-order valence-electron chi connectivity index (χ4n) is 1.48. The summed E-state index contributed by atoms with van der Waals surface area (Å²) in [6, 6.07) is 8.56. The molecule has 0 aliphatic rings. The van der Waals surface area contributed by atoms with Crippen LogP contribution in [0.1, 0.15) is 17.4 Å². The predicted octanol–water partition coefficient (Wildman–Crippen LogP) is 2.24. The quantitative estimate of drug-likeness (QED) is 0.892. The maximum atomic E-state index is 10.8. The number of aromatic carboxylic acids is 1. The number of hydrogen-bond acceptors (Lipinski definition) is 4. The lowest BCUT2D eigenvalue weighted by Gasteiger charge is -2.04. The van der Waals surface area contributed by atoms with Gasteiger partial charge in [0.05, 0.1) is 6.61 Å². The van der Waals surface area contributed by atoms with Crippen LogP contribution in [-0.2, 0) is 0 Å². The zero-order chi connectivity index (χ0) is 13.0. The second-order valence-electron chi connectivity index (χ2n) is 3.53. The molecule has 0 saturated heterocycles. The highest BCUT2D eigenvalue weighted by Gasteiger charge is 2.07. The maximum Gasteiger partial charge on any atom is 0.354 e. The number of carbonyl (C=O) groups is 1. The summed E-state index contributed by atoms with van der Waals surface area (Å²) in [6.45, 7) is 2.51. The molecular weight excluding hydrogens is 232 g/mol. The molecule has 0 fully saturated rings. The van der Waals surface area contributed by atoms with Gasteiger partial charge in [-0.3, -0.25) is 0 Å². The van der Waals surface area contributed by atoms with E-state index < -0.39 is 5.97 Å². The lowest BCUT2D eigenvalue weighted by Crippen LogP contribution is -2.02. The minimum absolute atomic E-state index is 0.0196. The van der Waals surface area contributed by atoms with Crippen LogP contribution in [-0.4, -0.2) is 27.7 Å². The molecule has 18 heavy (non-hydrogen) atoms. The summed E-state index contributed by atoms with van der Waals surface area (Å²) < 4.78 is 5.32. The first-order chi connectivity index (χ1) is 8.70. The molecule has 0 bridgehead atoms. The van der Waals surface area contributed by atoms with Crippen molar-refractivity contribution in [2.45, 2.75) is 6.92 Å². The first-order valence-electron chi connectivity index (χ1n) is 5.50. The standard InChI is InChI=1S/C13H12N2O3/c1-2-18-10-5-3-9(4-6-10)12-14-8-7-11(15-12)13(16)17/h3-8H,2H2,1H3,(H,16,17). The Morgan fingerprint density at radius 3 is 2.61 bits per heavy atom. The van der Waals surface area contributed by atoms with Gasteiger partial charge in [0, 0.05) is 11.8 Å². The van der Waals surface area contributed by atoms with Gasteiger partial charge in [0.2, 0.25) is 0 Å². The Hall–Kier alpha value is -2.43. The summed E-state index contributed by atoms with van der Waals surface area (Å²) >= 11 is 0. The molecule has 0 radical (unpaired) electrons. The molecule has 0 saturated carbocycles. The molecule has 0 unspecified atom stereocenters. The molecule has 1 N–H and O–H groups in total. The van der Waals surface area contributed by atoms with Crippen LogP contribution >= 0.6 is 0 Å². The highest BCUT2D eigenvalue weighted by atomic mass is 16.5. The third kappa shape index (κ3) is 2.63. The number of aromatic nitrogens is 2. The number of hydrogen-bond donors (Lipinski definition) is 1. The van der Waals surface area contributed by atoms with E-state index in [0.717, 1.165) is 11.3 Å². The molecule has 5 heteroatoms. The molecule has 5 nitrogen and oxygen atoms in total. The Morgan fingerprint density at radius 1 is 1.28 bits per heavy atom. The normalized spacial score (nSPS) is 10.1. The lowest BCUT2D eigenvalue weighted by molar-refractivity contribution is 0.0690. The molecule has 0 atom stereocenters. The van der Waals surface area contributed by atoms with Crippen LogP contribution in [0.15, 0.2) is 36.5 Å². The average Bonchev–Trinajstić information content (AvgIpc) is 2.40. The first-order valence-corrected chi connectivity index (χ1v) is 5.50. The van der Waals surface area contributed by atoms with E-state index in [1.807, 2.05) is 6.92 Å². The Balaban J connectivity index is 2.30. The van der Waals surface area contributed by atoms with Gasteiger partial charge < -0.3 is 9.84 Å². The second kappa shape index (κ2) is 5.27. The van der Waals surface area contributed by atoms with Crippen molar-refractivity contribution in [3.05, 3.63) is 42.2 Å². The zero-order valence-corrected chi connectivity index (χ0v) is 9.83. The first kappa shape index (κ1) is 12.0. The molecule has 92 valence electrons. The fraction of sp³-hybridized carbons (Fsp3) is 0.154. The molecule has 0 amide bonds. The zero-order valence-electron chi connectivity index (χ0n) is 9.83. The van der Waals surface area contributed by atoms with Gasteiger partial charge in [0.1, 0.15) is 5.75 Å². The lowest BCUT2D eigenvalue weighted by atomic mass is 10.2. The SMILES string of the molecule is CCOc1ccc(-c2nccc(C(=O)O)n2)cc1.